The molecule has 0 N–H and O–H groups in total. The van der Waals surface area contributed by atoms with E-state index >= 15 is 0 Å². The van der Waals surface area contributed by atoms with Crippen molar-refractivity contribution in [3.63, 3.8) is 0 Å². The largest absolute Gasteiger partial charge is 0.497 e. The van der Waals surface area contributed by atoms with Crippen molar-refractivity contribution < 1.29 is 19.0 Å². The van der Waals surface area contributed by atoms with Gasteiger partial charge in [0.25, 0.3) is 0 Å². The van der Waals surface area contributed by atoms with Crippen LogP contribution < -0.4 is 9.47 Å². The highest BCUT2D eigenvalue weighted by Gasteiger charge is 2.13. The fourth-order valence-electron chi connectivity index (χ4n) is 1.84. The number of esters is 1. The van der Waals surface area contributed by atoms with Gasteiger partial charge < -0.3 is 14.2 Å². The van der Waals surface area contributed by atoms with Gasteiger partial charge in [-0.2, -0.15) is 0 Å². The van der Waals surface area contributed by atoms with Gasteiger partial charge in [0, 0.05) is 9.13 Å². The standard InChI is InChI=1S/C16H15IO4/c1-19-12-7-8-15(20-2)11(9-12)10-21-16(18)13-5-3-4-6-14(13)17/h3-9H,10H2,1-2H3. The minimum atomic E-state index is -0.357. The fraction of sp³-hybridized carbons (Fsp3) is 0.188. The maximum Gasteiger partial charge on any atom is 0.339 e. The molecule has 2 aromatic rings. The molecule has 0 bridgehead atoms. The number of carbonyl (C=O) groups is 1. The number of hydrogen-bond acceptors (Lipinski definition) is 4. The normalized spacial score (nSPS) is 10.0. The summed E-state index contributed by atoms with van der Waals surface area (Å²) >= 11 is 2.11. The van der Waals surface area contributed by atoms with Crippen LogP contribution in [0.2, 0.25) is 0 Å². The molecule has 0 radical (unpaired) electrons. The summed E-state index contributed by atoms with van der Waals surface area (Å²) in [5, 5.41) is 0. The van der Waals surface area contributed by atoms with Crippen LogP contribution in [0, 0.1) is 3.57 Å². The maximum atomic E-state index is 12.1. The van der Waals surface area contributed by atoms with Gasteiger partial charge in [-0.1, -0.05) is 12.1 Å². The summed E-state index contributed by atoms with van der Waals surface area (Å²) in [6.07, 6.45) is 0. The lowest BCUT2D eigenvalue weighted by Gasteiger charge is -2.11. The van der Waals surface area contributed by atoms with Crippen molar-refractivity contribution in [1.82, 2.24) is 0 Å². The van der Waals surface area contributed by atoms with Gasteiger partial charge in [-0.05, 0) is 52.9 Å². The lowest BCUT2D eigenvalue weighted by Crippen LogP contribution is -2.07. The predicted octanol–water partition coefficient (Wildman–Crippen LogP) is 3.67. The van der Waals surface area contributed by atoms with Crippen LogP contribution in [-0.4, -0.2) is 20.2 Å². The summed E-state index contributed by atoms with van der Waals surface area (Å²) in [6, 6.07) is 12.7. The number of rotatable bonds is 5. The zero-order valence-electron chi connectivity index (χ0n) is 11.8. The quantitative estimate of drug-likeness (QED) is 0.570. The molecule has 2 rings (SSSR count). The third-order valence-electron chi connectivity index (χ3n) is 2.94. The SMILES string of the molecule is COc1ccc(OC)c(COC(=O)c2ccccc2I)c1. The van der Waals surface area contributed by atoms with E-state index in [9.17, 15) is 4.79 Å². The van der Waals surface area contributed by atoms with Gasteiger partial charge in [-0.25, -0.2) is 4.79 Å². The van der Waals surface area contributed by atoms with Crippen molar-refractivity contribution in [3.8, 4) is 11.5 Å². The van der Waals surface area contributed by atoms with E-state index in [0.717, 1.165) is 9.13 Å². The summed E-state index contributed by atoms with van der Waals surface area (Å²) in [5.41, 5.74) is 1.32. The molecule has 0 aromatic heterocycles. The molecule has 0 atom stereocenters. The molecule has 110 valence electrons. The Morgan fingerprint density at radius 2 is 1.86 bits per heavy atom. The first kappa shape index (κ1) is 15.6. The zero-order chi connectivity index (χ0) is 15.2. The number of ether oxygens (including phenoxy) is 3. The summed E-state index contributed by atoms with van der Waals surface area (Å²) in [5.74, 6) is 0.993. The summed E-state index contributed by atoms with van der Waals surface area (Å²) in [6.45, 7) is 0.129. The zero-order valence-corrected chi connectivity index (χ0v) is 13.9. The Morgan fingerprint density at radius 1 is 1.10 bits per heavy atom. The third-order valence-corrected chi connectivity index (χ3v) is 3.88. The average Bonchev–Trinajstić information content (AvgIpc) is 2.52. The number of halogens is 1. The van der Waals surface area contributed by atoms with E-state index in [2.05, 4.69) is 22.6 Å². The molecule has 5 heteroatoms. The van der Waals surface area contributed by atoms with E-state index in [1.165, 1.54) is 0 Å². The Hall–Kier alpha value is -1.76. The Morgan fingerprint density at radius 3 is 2.52 bits per heavy atom. The molecule has 0 aliphatic carbocycles. The first-order chi connectivity index (χ1) is 10.2. The Bertz CT molecular complexity index is 640. The lowest BCUT2D eigenvalue weighted by atomic mass is 10.2. The molecule has 0 saturated carbocycles. The van der Waals surface area contributed by atoms with Crippen LogP contribution in [0.15, 0.2) is 42.5 Å². The van der Waals surface area contributed by atoms with Gasteiger partial charge in [0.2, 0.25) is 0 Å². The highest BCUT2D eigenvalue weighted by molar-refractivity contribution is 14.1. The monoisotopic (exact) mass is 398 g/mol. The topological polar surface area (TPSA) is 44.8 Å². The van der Waals surface area contributed by atoms with Crippen molar-refractivity contribution in [3.05, 3.63) is 57.2 Å². The smallest absolute Gasteiger partial charge is 0.339 e. The second-order valence-electron chi connectivity index (χ2n) is 4.23. The van der Waals surface area contributed by atoms with Crippen LogP contribution in [0.4, 0.5) is 0 Å². The van der Waals surface area contributed by atoms with Gasteiger partial charge >= 0.3 is 5.97 Å². The maximum absolute atomic E-state index is 12.1. The van der Waals surface area contributed by atoms with Crippen molar-refractivity contribution >= 4 is 28.6 Å². The van der Waals surface area contributed by atoms with E-state index in [-0.39, 0.29) is 12.6 Å². The molecule has 4 nitrogen and oxygen atoms in total. The summed E-state index contributed by atoms with van der Waals surface area (Å²) in [4.78, 5) is 12.1. The first-order valence-electron chi connectivity index (χ1n) is 6.28. The highest BCUT2D eigenvalue weighted by Crippen LogP contribution is 2.25. The predicted molar refractivity (Wildman–Crippen MR) is 87.8 cm³/mol. The summed E-state index contributed by atoms with van der Waals surface area (Å²) in [7, 11) is 3.16. The summed E-state index contributed by atoms with van der Waals surface area (Å²) < 4.78 is 16.6. The van der Waals surface area contributed by atoms with Crippen LogP contribution in [0.5, 0.6) is 11.5 Å². The van der Waals surface area contributed by atoms with Crippen LogP contribution in [0.3, 0.4) is 0 Å². The van der Waals surface area contributed by atoms with Crippen molar-refractivity contribution in [2.24, 2.45) is 0 Å². The average molecular weight is 398 g/mol. The number of carbonyl (C=O) groups excluding carboxylic acids is 1. The van der Waals surface area contributed by atoms with Crippen molar-refractivity contribution in [2.75, 3.05) is 14.2 Å². The van der Waals surface area contributed by atoms with E-state index in [4.69, 9.17) is 14.2 Å². The molecule has 0 saturated heterocycles. The Labute approximate surface area is 137 Å². The molecule has 0 amide bonds. The minimum Gasteiger partial charge on any atom is -0.497 e. The molecule has 2 aromatic carbocycles. The van der Waals surface area contributed by atoms with E-state index < -0.39 is 0 Å². The van der Waals surface area contributed by atoms with Gasteiger partial charge in [0.05, 0.1) is 19.8 Å². The van der Waals surface area contributed by atoms with Gasteiger partial charge in [-0.15, -0.1) is 0 Å². The van der Waals surface area contributed by atoms with E-state index in [1.807, 2.05) is 18.2 Å². The van der Waals surface area contributed by atoms with Crippen LogP contribution >= 0.6 is 22.6 Å². The molecule has 0 unspecified atom stereocenters. The lowest BCUT2D eigenvalue weighted by molar-refractivity contribution is 0.0468. The van der Waals surface area contributed by atoms with Crippen LogP contribution in [-0.2, 0) is 11.3 Å². The van der Waals surface area contributed by atoms with Gasteiger partial charge in [0.1, 0.15) is 18.1 Å². The van der Waals surface area contributed by atoms with Gasteiger partial charge in [0.15, 0.2) is 0 Å². The molecule has 0 spiro atoms. The van der Waals surface area contributed by atoms with E-state index in [0.29, 0.717) is 17.1 Å². The fourth-order valence-corrected chi connectivity index (χ4v) is 2.45. The number of benzene rings is 2. The molecular weight excluding hydrogens is 383 g/mol. The first-order valence-corrected chi connectivity index (χ1v) is 7.36. The highest BCUT2D eigenvalue weighted by atomic mass is 127. The van der Waals surface area contributed by atoms with E-state index in [1.54, 1.807) is 38.5 Å². The molecule has 21 heavy (non-hydrogen) atoms. The van der Waals surface area contributed by atoms with Crippen molar-refractivity contribution in [1.29, 1.82) is 0 Å². The van der Waals surface area contributed by atoms with Gasteiger partial charge in [-0.3, -0.25) is 0 Å². The second-order valence-corrected chi connectivity index (χ2v) is 5.40. The minimum absolute atomic E-state index is 0.129. The van der Waals surface area contributed by atoms with Crippen molar-refractivity contribution in [2.45, 2.75) is 6.61 Å². The Kier molecular flexibility index (Phi) is 5.44. The second kappa shape index (κ2) is 7.31. The number of methoxy groups -OCH3 is 2. The molecule has 0 fully saturated rings. The van der Waals surface area contributed by atoms with Crippen LogP contribution in [0.1, 0.15) is 15.9 Å². The van der Waals surface area contributed by atoms with Crippen LogP contribution in [0.25, 0.3) is 0 Å². The molecule has 0 aliphatic rings. The third kappa shape index (κ3) is 3.87. The molecule has 0 heterocycles. The molecule has 0 aliphatic heterocycles. The Balaban J connectivity index is 2.12. The number of hydrogen-bond donors (Lipinski definition) is 0. The molecular formula is C16H15IO4.